The Bertz CT molecular complexity index is 618. The average molecular weight is 317 g/mol. The molecule has 2 aromatic rings. The number of aliphatic hydroxyl groups is 1. The van der Waals surface area contributed by atoms with Crippen LogP contribution < -0.4 is 0 Å². The van der Waals surface area contributed by atoms with Gasteiger partial charge in [0.15, 0.2) is 0 Å². The fourth-order valence-corrected chi connectivity index (χ4v) is 3.40. The number of nitrogens with zero attached hydrogens (tertiary/aromatic N) is 2. The van der Waals surface area contributed by atoms with Crippen LogP contribution in [0.3, 0.4) is 0 Å². The molecule has 0 saturated carbocycles. The largest absolute Gasteiger partial charge is 0.389 e. The molecule has 0 radical (unpaired) electrons. The van der Waals surface area contributed by atoms with Crippen molar-refractivity contribution in [2.45, 2.75) is 44.8 Å². The maximum Gasteiger partial charge on any atom is 0.137 e. The van der Waals surface area contributed by atoms with Crippen LogP contribution in [-0.2, 0) is 4.74 Å². The van der Waals surface area contributed by atoms with Crippen LogP contribution in [0.5, 0.6) is 0 Å². The Morgan fingerprint density at radius 3 is 2.91 bits per heavy atom. The van der Waals surface area contributed by atoms with E-state index in [0.717, 1.165) is 31.6 Å². The molecule has 0 spiro atoms. The number of aliphatic hydroxyl groups excluding tert-OH is 1. The SMILES string of the molecule is CC(C)OCC(O)CN1CCC(c2c[nH]c3ncccc23)CC1. The van der Waals surface area contributed by atoms with Gasteiger partial charge < -0.3 is 19.7 Å². The summed E-state index contributed by atoms with van der Waals surface area (Å²) in [5, 5.41) is 11.3. The molecule has 0 aromatic carbocycles. The van der Waals surface area contributed by atoms with E-state index in [2.05, 4.69) is 27.1 Å². The lowest BCUT2D eigenvalue weighted by atomic mass is 9.89. The predicted molar refractivity (Wildman–Crippen MR) is 91.6 cm³/mol. The number of nitrogens with one attached hydrogen (secondary N) is 1. The minimum atomic E-state index is -0.397. The topological polar surface area (TPSA) is 61.4 Å². The highest BCUT2D eigenvalue weighted by molar-refractivity contribution is 5.80. The normalized spacial score (nSPS) is 18.8. The van der Waals surface area contributed by atoms with Gasteiger partial charge in [0.2, 0.25) is 0 Å². The summed E-state index contributed by atoms with van der Waals surface area (Å²) >= 11 is 0. The highest BCUT2D eigenvalue weighted by atomic mass is 16.5. The first-order valence-corrected chi connectivity index (χ1v) is 8.57. The predicted octanol–water partition coefficient (Wildman–Crippen LogP) is 2.53. The Morgan fingerprint density at radius 1 is 1.39 bits per heavy atom. The number of ether oxygens (including phenoxy) is 1. The minimum absolute atomic E-state index is 0.172. The highest BCUT2D eigenvalue weighted by Crippen LogP contribution is 2.32. The van der Waals surface area contributed by atoms with Gasteiger partial charge in [0.05, 0.1) is 18.8 Å². The van der Waals surface area contributed by atoms with Gasteiger partial charge in [0.25, 0.3) is 0 Å². The van der Waals surface area contributed by atoms with Gasteiger partial charge >= 0.3 is 0 Å². The minimum Gasteiger partial charge on any atom is -0.389 e. The van der Waals surface area contributed by atoms with Crippen molar-refractivity contribution in [3.63, 3.8) is 0 Å². The summed E-state index contributed by atoms with van der Waals surface area (Å²) in [7, 11) is 0. The highest BCUT2D eigenvalue weighted by Gasteiger charge is 2.24. The molecule has 3 heterocycles. The van der Waals surface area contributed by atoms with Gasteiger partial charge in [-0.25, -0.2) is 4.98 Å². The van der Waals surface area contributed by atoms with Crippen molar-refractivity contribution < 1.29 is 9.84 Å². The fraction of sp³-hybridized carbons (Fsp3) is 0.611. The van der Waals surface area contributed by atoms with Gasteiger partial charge in [0, 0.05) is 24.3 Å². The number of fused-ring (bicyclic) bond motifs is 1. The lowest BCUT2D eigenvalue weighted by Crippen LogP contribution is -2.40. The molecule has 1 aliphatic heterocycles. The van der Waals surface area contributed by atoms with E-state index in [0.29, 0.717) is 19.1 Å². The Hall–Kier alpha value is -1.43. The summed E-state index contributed by atoms with van der Waals surface area (Å²) in [5.41, 5.74) is 2.36. The van der Waals surface area contributed by atoms with Crippen molar-refractivity contribution >= 4 is 11.0 Å². The third kappa shape index (κ3) is 4.10. The Morgan fingerprint density at radius 2 is 2.17 bits per heavy atom. The Labute approximate surface area is 137 Å². The van der Waals surface area contributed by atoms with Crippen molar-refractivity contribution in [2.24, 2.45) is 0 Å². The van der Waals surface area contributed by atoms with Gasteiger partial charge in [-0.1, -0.05) is 0 Å². The maximum absolute atomic E-state index is 10.1. The first-order chi connectivity index (χ1) is 11.1. The molecule has 5 heteroatoms. The van der Waals surface area contributed by atoms with Crippen molar-refractivity contribution in [1.82, 2.24) is 14.9 Å². The van der Waals surface area contributed by atoms with Crippen LogP contribution in [0, 0.1) is 0 Å². The van der Waals surface area contributed by atoms with Crippen molar-refractivity contribution in [2.75, 3.05) is 26.2 Å². The molecule has 5 nitrogen and oxygen atoms in total. The zero-order valence-corrected chi connectivity index (χ0v) is 14.0. The summed E-state index contributed by atoms with van der Waals surface area (Å²) in [5.74, 6) is 0.577. The van der Waals surface area contributed by atoms with E-state index in [1.165, 1.54) is 10.9 Å². The first-order valence-electron chi connectivity index (χ1n) is 8.57. The molecule has 0 bridgehead atoms. The number of H-pyrrole nitrogens is 1. The number of hydrogen-bond acceptors (Lipinski definition) is 4. The summed E-state index contributed by atoms with van der Waals surface area (Å²) in [6, 6.07) is 4.15. The molecular formula is C18H27N3O2. The molecule has 3 rings (SSSR count). The van der Waals surface area contributed by atoms with Crippen LogP contribution in [-0.4, -0.2) is 58.4 Å². The number of pyridine rings is 1. The standard InChI is InChI=1S/C18H27N3O2/c1-13(2)23-12-15(22)11-21-8-5-14(6-9-21)17-10-20-18-16(17)4-3-7-19-18/h3-4,7,10,13-15,22H,5-6,8-9,11-12H2,1-2H3,(H,19,20). The van der Waals surface area contributed by atoms with E-state index < -0.39 is 6.10 Å². The number of likely N-dealkylation sites (tertiary alicyclic amines) is 1. The van der Waals surface area contributed by atoms with Crippen LogP contribution in [0.4, 0.5) is 0 Å². The molecule has 0 amide bonds. The zero-order valence-electron chi connectivity index (χ0n) is 14.0. The molecule has 1 saturated heterocycles. The lowest BCUT2D eigenvalue weighted by Gasteiger charge is -2.33. The summed E-state index contributed by atoms with van der Waals surface area (Å²) in [6.45, 7) is 7.16. The van der Waals surface area contributed by atoms with E-state index in [4.69, 9.17) is 4.74 Å². The number of β-amino-alcohol motifs (C(OH)–C–C–N with tert-alkyl or cyclic N) is 1. The Kier molecular flexibility index (Phi) is 5.30. The second kappa shape index (κ2) is 7.43. The average Bonchev–Trinajstić information content (AvgIpc) is 2.98. The van der Waals surface area contributed by atoms with Gasteiger partial charge in [-0.05, 0) is 63.4 Å². The zero-order chi connectivity index (χ0) is 16.2. The molecule has 1 fully saturated rings. The van der Waals surface area contributed by atoms with E-state index >= 15 is 0 Å². The number of piperidine rings is 1. The fourth-order valence-electron chi connectivity index (χ4n) is 3.40. The van der Waals surface area contributed by atoms with E-state index in [1.54, 1.807) is 0 Å². The first kappa shape index (κ1) is 16.4. The van der Waals surface area contributed by atoms with Crippen LogP contribution in [0.1, 0.15) is 38.2 Å². The maximum atomic E-state index is 10.1. The van der Waals surface area contributed by atoms with E-state index in [-0.39, 0.29) is 6.10 Å². The van der Waals surface area contributed by atoms with Gasteiger partial charge in [-0.2, -0.15) is 0 Å². The monoisotopic (exact) mass is 317 g/mol. The number of rotatable bonds is 6. The van der Waals surface area contributed by atoms with Crippen molar-refractivity contribution in [3.05, 3.63) is 30.1 Å². The number of hydrogen-bond donors (Lipinski definition) is 2. The number of aromatic amines is 1. The van der Waals surface area contributed by atoms with Crippen LogP contribution in [0.15, 0.2) is 24.5 Å². The third-order valence-corrected chi connectivity index (χ3v) is 4.60. The summed E-state index contributed by atoms with van der Waals surface area (Å²) < 4.78 is 5.49. The van der Waals surface area contributed by atoms with Crippen LogP contribution >= 0.6 is 0 Å². The van der Waals surface area contributed by atoms with Gasteiger partial charge in [-0.15, -0.1) is 0 Å². The molecule has 1 aliphatic rings. The molecule has 2 aromatic heterocycles. The molecule has 1 unspecified atom stereocenters. The lowest BCUT2D eigenvalue weighted by molar-refractivity contribution is -0.0111. The van der Waals surface area contributed by atoms with Crippen LogP contribution in [0.2, 0.25) is 0 Å². The second-order valence-electron chi connectivity index (χ2n) is 6.75. The third-order valence-electron chi connectivity index (χ3n) is 4.60. The van der Waals surface area contributed by atoms with Crippen molar-refractivity contribution in [3.8, 4) is 0 Å². The summed E-state index contributed by atoms with van der Waals surface area (Å²) in [6.07, 6.45) is 5.96. The molecule has 1 atom stereocenters. The molecule has 0 aliphatic carbocycles. The van der Waals surface area contributed by atoms with Gasteiger partial charge in [0.1, 0.15) is 5.65 Å². The molecule has 2 N–H and O–H groups in total. The van der Waals surface area contributed by atoms with E-state index in [1.807, 2.05) is 26.1 Å². The van der Waals surface area contributed by atoms with Gasteiger partial charge in [-0.3, -0.25) is 0 Å². The second-order valence-corrected chi connectivity index (χ2v) is 6.75. The van der Waals surface area contributed by atoms with Crippen LogP contribution in [0.25, 0.3) is 11.0 Å². The molecule has 126 valence electrons. The van der Waals surface area contributed by atoms with E-state index in [9.17, 15) is 5.11 Å². The molecular weight excluding hydrogens is 290 g/mol. The smallest absolute Gasteiger partial charge is 0.137 e. The number of aromatic nitrogens is 2. The van der Waals surface area contributed by atoms with Crippen molar-refractivity contribution in [1.29, 1.82) is 0 Å². The summed E-state index contributed by atoms with van der Waals surface area (Å²) in [4.78, 5) is 9.99. The Balaban J connectivity index is 1.52. The molecule has 23 heavy (non-hydrogen) atoms. The quantitative estimate of drug-likeness (QED) is 0.859.